The molecule has 0 aromatic heterocycles. The Morgan fingerprint density at radius 3 is 2.00 bits per heavy atom. The van der Waals surface area contributed by atoms with Crippen molar-refractivity contribution < 1.29 is 26.2 Å². The van der Waals surface area contributed by atoms with Crippen molar-refractivity contribution in [2.75, 3.05) is 0 Å². The predicted octanol–water partition coefficient (Wildman–Crippen LogP) is 2.20. The van der Waals surface area contributed by atoms with Crippen LogP contribution in [0.4, 0.5) is 0 Å². The zero-order chi connectivity index (χ0) is 3.54. The molecule has 1 aliphatic carbocycles. The molecule has 0 nitrogen and oxygen atoms in total. The molecule has 0 aromatic carbocycles. The fraction of sp³-hybridized carbons (Fsp3) is 0.143. The van der Waals surface area contributed by atoms with Gasteiger partial charge < -0.3 is 14.9 Å². The molecule has 0 aliphatic heterocycles. The van der Waals surface area contributed by atoms with Crippen LogP contribution in [0.2, 0.25) is 0 Å². The van der Waals surface area contributed by atoms with Gasteiger partial charge in [-0.15, -0.1) is 6.42 Å². The van der Waals surface area contributed by atoms with Gasteiger partial charge in [-0.1, -0.05) is 0 Å². The molecule has 0 saturated heterocycles. The van der Waals surface area contributed by atoms with E-state index in [0.29, 0.717) is 0 Å². The van der Waals surface area contributed by atoms with Gasteiger partial charge in [0.2, 0.25) is 0 Å². The molecule has 1 rings (SSSR count). The van der Waals surface area contributed by atoms with E-state index in [1.165, 1.54) is 0 Å². The number of hydrogen-bond acceptors (Lipinski definition) is 0. The van der Waals surface area contributed by atoms with Gasteiger partial charge in [0.25, 0.3) is 0 Å². The van der Waals surface area contributed by atoms with Crippen LogP contribution in [-0.2, 0) is 26.2 Å². The minimum absolute atomic E-state index is 0. The van der Waals surface area contributed by atoms with Crippen molar-refractivity contribution in [3.8, 4) is 0 Å². The number of rotatable bonds is 0. The van der Waals surface area contributed by atoms with Crippen LogP contribution >= 0.6 is 0 Å². The standard InChI is InChI=1S/C5H5.2CH3.Zr/c1-2-4-5-3-1;;;/h1-3H,4H2;2*1H3;/q3*-1;+3. The average molecular weight is 186 g/mol. The van der Waals surface area contributed by atoms with Crippen LogP contribution in [0.15, 0.2) is 18.2 Å². The minimum Gasteiger partial charge on any atom is -0.358 e. The maximum atomic E-state index is 2.99. The molecule has 0 aromatic rings. The van der Waals surface area contributed by atoms with Gasteiger partial charge in [-0.25, -0.2) is 12.2 Å². The Hall–Kier alpha value is 0.363. The first-order chi connectivity index (χ1) is 2.50. The summed E-state index contributed by atoms with van der Waals surface area (Å²) < 4.78 is 0. The second kappa shape index (κ2) is 10.4. The third-order valence-electron chi connectivity index (χ3n) is 0.586. The van der Waals surface area contributed by atoms with Crippen LogP contribution in [0.1, 0.15) is 6.42 Å². The maximum absolute atomic E-state index is 2.99. The minimum atomic E-state index is 0. The Balaban J connectivity index is -0.0000000833. The van der Waals surface area contributed by atoms with E-state index in [4.69, 9.17) is 0 Å². The summed E-state index contributed by atoms with van der Waals surface area (Å²) in [6.07, 6.45) is 10.0. The van der Waals surface area contributed by atoms with Crippen LogP contribution in [0, 0.1) is 20.9 Å². The van der Waals surface area contributed by atoms with E-state index >= 15 is 0 Å². The van der Waals surface area contributed by atoms with Gasteiger partial charge in [0, 0.05) is 0 Å². The van der Waals surface area contributed by atoms with Gasteiger partial charge in [-0.3, -0.25) is 6.08 Å². The summed E-state index contributed by atoms with van der Waals surface area (Å²) >= 11 is 0. The number of hydrogen-bond donors (Lipinski definition) is 0. The summed E-state index contributed by atoms with van der Waals surface area (Å²) in [5.74, 6) is 0. The van der Waals surface area contributed by atoms with Crippen LogP contribution in [0.5, 0.6) is 0 Å². The first-order valence-electron chi connectivity index (χ1n) is 1.72. The zero-order valence-corrected chi connectivity index (χ0v) is 7.90. The normalized spacial score (nSPS) is 11.0. The van der Waals surface area contributed by atoms with E-state index in [1.807, 2.05) is 12.2 Å². The molecular weight excluding hydrogens is 175 g/mol. The van der Waals surface area contributed by atoms with E-state index < -0.39 is 0 Å². The molecule has 0 spiro atoms. The van der Waals surface area contributed by atoms with Crippen molar-refractivity contribution in [1.82, 2.24) is 0 Å². The van der Waals surface area contributed by atoms with Gasteiger partial charge in [0.05, 0.1) is 0 Å². The molecule has 1 heteroatoms. The summed E-state index contributed by atoms with van der Waals surface area (Å²) in [5.41, 5.74) is 0. The first kappa shape index (κ1) is 15.8. The van der Waals surface area contributed by atoms with Crippen LogP contribution in [0.25, 0.3) is 0 Å². The second-order valence-corrected chi connectivity index (χ2v) is 1.00. The van der Waals surface area contributed by atoms with E-state index in [1.54, 1.807) is 0 Å². The molecule has 0 heterocycles. The Bertz CT molecular complexity index is 62.5. The molecule has 0 saturated carbocycles. The quantitative estimate of drug-likeness (QED) is 0.509. The van der Waals surface area contributed by atoms with E-state index in [0.717, 1.165) is 6.42 Å². The third kappa shape index (κ3) is 6.36. The summed E-state index contributed by atoms with van der Waals surface area (Å²) in [6, 6.07) is 0. The Labute approximate surface area is 71.8 Å². The van der Waals surface area contributed by atoms with Crippen molar-refractivity contribution in [3.63, 3.8) is 0 Å². The fourth-order valence-electron chi connectivity index (χ4n) is 0.340. The first-order valence-corrected chi connectivity index (χ1v) is 1.72. The molecular formula is C7H11Zr. The van der Waals surface area contributed by atoms with Crippen LogP contribution in [0.3, 0.4) is 0 Å². The van der Waals surface area contributed by atoms with Gasteiger partial charge in [-0.05, 0) is 0 Å². The molecule has 0 atom stereocenters. The second-order valence-electron chi connectivity index (χ2n) is 1.00. The number of allylic oxidation sites excluding steroid dienone is 4. The van der Waals surface area contributed by atoms with Crippen molar-refractivity contribution in [2.45, 2.75) is 6.42 Å². The molecule has 8 heavy (non-hydrogen) atoms. The third-order valence-corrected chi connectivity index (χ3v) is 0.586. The molecule has 0 N–H and O–H groups in total. The zero-order valence-electron chi connectivity index (χ0n) is 5.44. The van der Waals surface area contributed by atoms with Crippen molar-refractivity contribution >= 4 is 0 Å². The van der Waals surface area contributed by atoms with E-state index in [-0.39, 0.29) is 41.1 Å². The summed E-state index contributed by atoms with van der Waals surface area (Å²) in [5, 5.41) is 0. The molecule has 0 amide bonds. The van der Waals surface area contributed by atoms with Gasteiger partial charge in [0.15, 0.2) is 0 Å². The average Bonchev–Trinajstić information content (AvgIpc) is 1.76. The summed E-state index contributed by atoms with van der Waals surface area (Å²) in [7, 11) is 0. The van der Waals surface area contributed by atoms with Gasteiger partial charge in [0.1, 0.15) is 0 Å². The van der Waals surface area contributed by atoms with Gasteiger partial charge >= 0.3 is 26.2 Å². The van der Waals surface area contributed by atoms with Crippen molar-refractivity contribution in [1.29, 1.82) is 0 Å². The molecule has 0 bridgehead atoms. The van der Waals surface area contributed by atoms with Crippen LogP contribution < -0.4 is 0 Å². The molecule has 0 fully saturated rings. The molecule has 0 unspecified atom stereocenters. The maximum Gasteiger partial charge on any atom is 3.00 e. The predicted molar refractivity (Wildman–Crippen MR) is 34.4 cm³/mol. The van der Waals surface area contributed by atoms with Crippen molar-refractivity contribution in [2.24, 2.45) is 0 Å². The largest absolute Gasteiger partial charge is 3.00 e. The van der Waals surface area contributed by atoms with Gasteiger partial charge in [-0.2, -0.15) is 6.08 Å². The van der Waals surface area contributed by atoms with E-state index in [9.17, 15) is 0 Å². The molecule has 1 radical (unpaired) electrons. The SMILES string of the molecule is [C-]1=CC=CC1.[CH3-].[CH3-].[Zr+3]. The van der Waals surface area contributed by atoms with Crippen molar-refractivity contribution in [3.05, 3.63) is 39.2 Å². The summed E-state index contributed by atoms with van der Waals surface area (Å²) in [6.45, 7) is 0. The topological polar surface area (TPSA) is 0 Å². The molecule has 43 valence electrons. The van der Waals surface area contributed by atoms with E-state index in [2.05, 4.69) is 12.2 Å². The smallest absolute Gasteiger partial charge is 0.358 e. The Morgan fingerprint density at radius 2 is 1.88 bits per heavy atom. The fourth-order valence-corrected chi connectivity index (χ4v) is 0.340. The summed E-state index contributed by atoms with van der Waals surface area (Å²) in [4.78, 5) is 0. The Kier molecular flexibility index (Phi) is 20.4. The Morgan fingerprint density at radius 1 is 1.25 bits per heavy atom. The van der Waals surface area contributed by atoms with Crippen LogP contribution in [-0.4, -0.2) is 0 Å². The molecule has 1 aliphatic rings. The monoisotopic (exact) mass is 185 g/mol.